The van der Waals surface area contributed by atoms with Gasteiger partial charge >= 0.3 is 0 Å². The smallest absolute Gasteiger partial charge is 0.119 e. The fourth-order valence-corrected chi connectivity index (χ4v) is 2.68. The molecule has 1 aliphatic heterocycles. The molecule has 0 radical (unpaired) electrons. The molecule has 1 aliphatic rings. The highest BCUT2D eigenvalue weighted by atomic mass is 32.1. The lowest BCUT2D eigenvalue weighted by molar-refractivity contribution is 0.298. The monoisotopic (exact) mass is 343 g/mol. The van der Waals surface area contributed by atoms with Crippen LogP contribution in [-0.4, -0.2) is 36.2 Å². The average molecular weight is 343 g/mol. The highest BCUT2D eigenvalue weighted by molar-refractivity contribution is 7.81. The van der Waals surface area contributed by atoms with Crippen molar-refractivity contribution in [2.45, 2.75) is 38.4 Å². The van der Waals surface area contributed by atoms with Crippen LogP contribution in [0.5, 0.6) is 5.75 Å². The van der Waals surface area contributed by atoms with Gasteiger partial charge in [0.05, 0.1) is 35.5 Å². The van der Waals surface area contributed by atoms with E-state index in [1.165, 1.54) is 5.56 Å². The normalized spacial score (nSPS) is 16.1. The highest BCUT2D eigenvalue weighted by Crippen LogP contribution is 2.24. The molecule has 0 amide bonds. The number of nitriles is 1. The molecule has 1 atom stereocenters. The van der Waals surface area contributed by atoms with E-state index in [9.17, 15) is 0 Å². The van der Waals surface area contributed by atoms with Crippen LogP contribution in [0.15, 0.2) is 40.5 Å². The Balaban J connectivity index is 1.83. The summed E-state index contributed by atoms with van der Waals surface area (Å²) >= 11 is 4.59. The first-order valence-electron chi connectivity index (χ1n) is 8.09. The molecule has 1 heterocycles. The van der Waals surface area contributed by atoms with Crippen molar-refractivity contribution in [3.05, 3.63) is 41.1 Å². The quantitative estimate of drug-likeness (QED) is 0.827. The summed E-state index contributed by atoms with van der Waals surface area (Å²) in [4.78, 5) is 6.25. The van der Waals surface area contributed by atoms with Crippen molar-refractivity contribution in [1.29, 1.82) is 5.26 Å². The van der Waals surface area contributed by atoms with Crippen LogP contribution in [0.2, 0.25) is 0 Å². The zero-order chi connectivity index (χ0) is 17.7. The van der Waals surface area contributed by atoms with E-state index in [1.54, 1.807) is 6.34 Å². The predicted molar refractivity (Wildman–Crippen MR) is 102 cm³/mol. The van der Waals surface area contributed by atoms with E-state index in [1.807, 2.05) is 24.0 Å². The third-order valence-corrected chi connectivity index (χ3v) is 4.27. The minimum atomic E-state index is 0.0390. The summed E-state index contributed by atoms with van der Waals surface area (Å²) in [5.74, 6) is 0.850. The maximum absolute atomic E-state index is 9.09. The van der Waals surface area contributed by atoms with Crippen molar-refractivity contribution < 1.29 is 4.74 Å². The first-order valence-corrected chi connectivity index (χ1v) is 8.60. The van der Waals surface area contributed by atoms with Crippen molar-refractivity contribution in [3.63, 3.8) is 0 Å². The van der Waals surface area contributed by atoms with Gasteiger partial charge in [-0.15, -0.1) is 0 Å². The lowest BCUT2D eigenvalue weighted by Gasteiger charge is -2.25. The molecule has 1 aromatic rings. The summed E-state index contributed by atoms with van der Waals surface area (Å²) in [6, 6.07) is 10.4. The van der Waals surface area contributed by atoms with Gasteiger partial charge in [-0.25, -0.2) is 4.99 Å². The van der Waals surface area contributed by atoms with Gasteiger partial charge in [0.15, 0.2) is 0 Å². The second-order valence-corrected chi connectivity index (χ2v) is 7.82. The van der Waals surface area contributed by atoms with Crippen LogP contribution >= 0.6 is 12.6 Å². The number of nitrogens with zero attached hydrogens (tertiary/aromatic N) is 3. The number of hydrogen-bond acceptors (Lipinski definition) is 5. The molecule has 0 saturated heterocycles. The molecule has 0 spiro atoms. The van der Waals surface area contributed by atoms with E-state index in [2.05, 4.69) is 56.6 Å². The van der Waals surface area contributed by atoms with Crippen LogP contribution in [0.4, 0.5) is 0 Å². The molecule has 0 N–H and O–H groups in total. The van der Waals surface area contributed by atoms with E-state index >= 15 is 0 Å². The van der Waals surface area contributed by atoms with Crippen LogP contribution in [0.3, 0.4) is 0 Å². The lowest BCUT2D eigenvalue weighted by atomic mass is 9.87. The molecule has 1 aromatic carbocycles. The van der Waals surface area contributed by atoms with Gasteiger partial charge in [-0.2, -0.15) is 17.9 Å². The van der Waals surface area contributed by atoms with E-state index in [0.29, 0.717) is 25.3 Å². The van der Waals surface area contributed by atoms with Crippen molar-refractivity contribution in [3.8, 4) is 11.8 Å². The van der Waals surface area contributed by atoms with Gasteiger partial charge in [0.25, 0.3) is 0 Å². The Hall–Kier alpha value is -1.93. The molecule has 0 bridgehead atoms. The zero-order valence-electron chi connectivity index (χ0n) is 14.8. The Morgan fingerprint density at radius 3 is 2.58 bits per heavy atom. The summed E-state index contributed by atoms with van der Waals surface area (Å²) in [5, 5.41) is 9.13. The number of thiol groups is 1. The topological polar surface area (TPSA) is 48.6 Å². The standard InChI is InChI=1S/C19H25N3OS/c1-14-15(9-20)10-22(13-21-14)11-18(24)12-23-17-7-5-16(6-8-17)19(2,3)4/h5-8,13,18,24H,10-12H2,1-4H3. The van der Waals surface area contributed by atoms with E-state index in [4.69, 9.17) is 10.00 Å². The molecule has 0 fully saturated rings. The van der Waals surface area contributed by atoms with Crippen molar-refractivity contribution >= 4 is 19.0 Å². The molecule has 5 heteroatoms. The van der Waals surface area contributed by atoms with Crippen LogP contribution in [0.1, 0.15) is 33.3 Å². The molecule has 24 heavy (non-hydrogen) atoms. The Morgan fingerprint density at radius 2 is 2.00 bits per heavy atom. The molecule has 1 unspecified atom stereocenters. The van der Waals surface area contributed by atoms with Crippen molar-refractivity contribution in [2.75, 3.05) is 19.7 Å². The van der Waals surface area contributed by atoms with E-state index in [-0.39, 0.29) is 10.7 Å². The van der Waals surface area contributed by atoms with E-state index in [0.717, 1.165) is 11.4 Å². The third-order valence-electron chi connectivity index (χ3n) is 3.96. The predicted octanol–water partition coefficient (Wildman–Crippen LogP) is 3.80. The first kappa shape index (κ1) is 18.4. The van der Waals surface area contributed by atoms with Crippen LogP contribution in [-0.2, 0) is 5.41 Å². The van der Waals surface area contributed by atoms with Crippen molar-refractivity contribution in [1.82, 2.24) is 4.90 Å². The largest absolute Gasteiger partial charge is 0.492 e. The maximum atomic E-state index is 9.09. The number of ether oxygens (including phenoxy) is 1. The van der Waals surface area contributed by atoms with Crippen LogP contribution in [0, 0.1) is 11.3 Å². The van der Waals surface area contributed by atoms with Gasteiger partial charge in [-0.3, -0.25) is 0 Å². The Kier molecular flexibility index (Phi) is 5.95. The number of benzene rings is 1. The average Bonchev–Trinajstić information content (AvgIpc) is 2.54. The van der Waals surface area contributed by atoms with Gasteiger partial charge < -0.3 is 9.64 Å². The Morgan fingerprint density at radius 1 is 1.33 bits per heavy atom. The summed E-state index contributed by atoms with van der Waals surface area (Å²) < 4.78 is 5.83. The number of rotatable bonds is 5. The Bertz CT molecular complexity index is 665. The van der Waals surface area contributed by atoms with Crippen molar-refractivity contribution in [2.24, 2.45) is 4.99 Å². The number of allylic oxidation sites excluding steroid dienone is 1. The summed E-state index contributed by atoms with van der Waals surface area (Å²) in [5.41, 5.74) is 2.92. The number of aliphatic imine (C=N–C) groups is 1. The SMILES string of the molecule is CC1=C(C#N)CN(CC(S)COc2ccc(C(C)(C)C)cc2)C=N1. The second-order valence-electron chi connectivity index (χ2n) is 7.09. The number of hydrogen-bond donors (Lipinski definition) is 1. The fourth-order valence-electron chi connectivity index (χ4n) is 2.40. The van der Waals surface area contributed by atoms with Crippen LogP contribution < -0.4 is 4.74 Å². The third kappa shape index (κ3) is 5.04. The minimum absolute atomic E-state index is 0.0390. The molecule has 0 saturated carbocycles. The van der Waals surface area contributed by atoms with Gasteiger partial charge in [0.2, 0.25) is 0 Å². The molecular weight excluding hydrogens is 318 g/mol. The fraction of sp³-hybridized carbons (Fsp3) is 0.474. The highest BCUT2D eigenvalue weighted by Gasteiger charge is 2.16. The molecule has 4 nitrogen and oxygen atoms in total. The van der Waals surface area contributed by atoms with Gasteiger partial charge in [0.1, 0.15) is 12.4 Å². The summed E-state index contributed by atoms with van der Waals surface area (Å²) in [6.07, 6.45) is 1.78. The Labute approximate surface area is 150 Å². The van der Waals surface area contributed by atoms with Gasteiger partial charge in [-0.1, -0.05) is 32.9 Å². The van der Waals surface area contributed by atoms with Gasteiger partial charge in [-0.05, 0) is 30.0 Å². The molecule has 0 aliphatic carbocycles. The summed E-state index contributed by atoms with van der Waals surface area (Å²) in [7, 11) is 0. The molecule has 0 aromatic heterocycles. The summed E-state index contributed by atoms with van der Waals surface area (Å²) in [6.45, 7) is 10.2. The molecule has 128 valence electrons. The van der Waals surface area contributed by atoms with Gasteiger partial charge in [0, 0.05) is 6.54 Å². The molecule has 2 rings (SSSR count). The second kappa shape index (κ2) is 7.76. The van der Waals surface area contributed by atoms with E-state index < -0.39 is 0 Å². The van der Waals surface area contributed by atoms with Crippen LogP contribution in [0.25, 0.3) is 0 Å². The minimum Gasteiger partial charge on any atom is -0.492 e. The molecular formula is C19H25N3OS. The first-order chi connectivity index (χ1) is 11.3. The lowest BCUT2D eigenvalue weighted by Crippen LogP contribution is -2.35. The maximum Gasteiger partial charge on any atom is 0.119 e. The zero-order valence-corrected chi connectivity index (χ0v) is 15.7.